The molecule has 9 heteroatoms. The molecule has 188 valence electrons. The number of alkyl halides is 1. The van der Waals surface area contributed by atoms with Gasteiger partial charge in [-0.1, -0.05) is 24.1 Å². The van der Waals surface area contributed by atoms with Crippen LogP contribution in [0.15, 0.2) is 58.1 Å². The standard InChI is InChI=1S/C26H33ClFN5O2/c1-17-7-10-21(20(27)13-17)30-24-19(26(34)31-35-15-18-8-9-18)14-22-25(23(24)28)29-16-33(22)12-6-4-5-11-32(2)3/h7,10,13-16,23,25,30H,4-6,8-9,11-12H2,1-3H3,(H,31,34). The second kappa shape index (κ2) is 11.3. The van der Waals surface area contributed by atoms with Gasteiger partial charge in [0.25, 0.3) is 5.91 Å². The van der Waals surface area contributed by atoms with Crippen LogP contribution in [0.5, 0.6) is 0 Å². The number of rotatable bonds is 11. The number of hydrogen-bond acceptors (Lipinski definition) is 6. The van der Waals surface area contributed by atoms with E-state index in [0.717, 1.165) is 56.3 Å². The number of hydroxylamine groups is 1. The average Bonchev–Trinajstić information content (AvgIpc) is 3.54. The Bertz CT molecular complexity index is 1080. The van der Waals surface area contributed by atoms with Crippen molar-refractivity contribution in [1.82, 2.24) is 15.3 Å². The van der Waals surface area contributed by atoms with Gasteiger partial charge in [0.15, 0.2) is 6.17 Å². The van der Waals surface area contributed by atoms with E-state index in [4.69, 9.17) is 16.4 Å². The number of allylic oxidation sites excluding steroid dienone is 1. The van der Waals surface area contributed by atoms with Crippen LogP contribution in [-0.2, 0) is 9.63 Å². The summed E-state index contributed by atoms with van der Waals surface area (Å²) in [4.78, 5) is 26.9. The van der Waals surface area contributed by atoms with E-state index in [9.17, 15) is 4.79 Å². The van der Waals surface area contributed by atoms with Crippen LogP contribution in [0, 0.1) is 6.92 Å². The number of aryl methyl sites for hydroxylation is 1. The van der Waals surface area contributed by atoms with Crippen LogP contribution >= 0.6 is 11.6 Å². The predicted molar refractivity (Wildman–Crippen MR) is 138 cm³/mol. The summed E-state index contributed by atoms with van der Waals surface area (Å²) in [5.41, 5.74) is 6.02. The lowest BCUT2D eigenvalue weighted by Gasteiger charge is -2.29. The summed E-state index contributed by atoms with van der Waals surface area (Å²) in [6.45, 7) is 3.68. The van der Waals surface area contributed by atoms with Gasteiger partial charge in [0, 0.05) is 12.2 Å². The predicted octanol–water partition coefficient (Wildman–Crippen LogP) is 4.72. The van der Waals surface area contributed by atoms with Crippen LogP contribution in [0.2, 0.25) is 5.02 Å². The fraction of sp³-hybridized carbons (Fsp3) is 0.462. The van der Waals surface area contributed by atoms with Gasteiger partial charge < -0.3 is 20.0 Å². The average molecular weight is 502 g/mol. The molecule has 1 aliphatic heterocycles. The van der Waals surface area contributed by atoms with E-state index in [1.165, 1.54) is 6.26 Å². The third-order valence-corrected chi connectivity index (χ3v) is 6.51. The minimum absolute atomic E-state index is 0.120. The topological polar surface area (TPSA) is 69.2 Å². The molecular formula is C26H33ClFN5O2. The van der Waals surface area contributed by atoms with Gasteiger partial charge in [0.2, 0.25) is 0 Å². The van der Waals surface area contributed by atoms with Crippen molar-refractivity contribution in [2.75, 3.05) is 32.5 Å². The fourth-order valence-electron chi connectivity index (χ4n) is 4.07. The molecule has 1 aromatic carbocycles. The Balaban J connectivity index is 1.55. The number of unbranched alkanes of at least 4 members (excludes halogenated alkanes) is 2. The van der Waals surface area contributed by atoms with Crippen molar-refractivity contribution in [2.45, 2.75) is 51.2 Å². The van der Waals surface area contributed by atoms with Crippen molar-refractivity contribution in [3.8, 4) is 0 Å². The van der Waals surface area contributed by atoms with Gasteiger partial charge in [-0.3, -0.25) is 9.79 Å². The molecule has 3 aliphatic rings. The van der Waals surface area contributed by atoms with E-state index in [0.29, 0.717) is 16.4 Å². The molecule has 4 rings (SSSR count). The SMILES string of the molecule is Cc1ccc(NC2=C(C(=O)NOC=C3CC3)C=C3C(N=CN3CCCCCN(C)C)C2F)c(Cl)c1. The Morgan fingerprint density at radius 3 is 2.83 bits per heavy atom. The van der Waals surface area contributed by atoms with Crippen LogP contribution in [0.1, 0.15) is 37.7 Å². The summed E-state index contributed by atoms with van der Waals surface area (Å²) in [6, 6.07) is 4.73. The van der Waals surface area contributed by atoms with E-state index in [-0.39, 0.29) is 11.3 Å². The summed E-state index contributed by atoms with van der Waals surface area (Å²) < 4.78 is 15.9. The van der Waals surface area contributed by atoms with Crippen LogP contribution < -0.4 is 10.8 Å². The van der Waals surface area contributed by atoms with E-state index in [2.05, 4.69) is 34.8 Å². The lowest BCUT2D eigenvalue weighted by atomic mass is 9.93. The molecule has 1 fully saturated rings. The monoisotopic (exact) mass is 501 g/mol. The smallest absolute Gasteiger partial charge is 0.285 e. The normalized spacial score (nSPS) is 20.7. The number of hydrogen-bond donors (Lipinski definition) is 2. The van der Waals surface area contributed by atoms with Gasteiger partial charge in [0.05, 0.1) is 28.3 Å². The number of benzene rings is 1. The van der Waals surface area contributed by atoms with Crippen molar-refractivity contribution in [3.63, 3.8) is 0 Å². The molecule has 2 atom stereocenters. The Hall–Kier alpha value is -2.84. The molecule has 7 nitrogen and oxygen atoms in total. The van der Waals surface area contributed by atoms with Gasteiger partial charge in [-0.05, 0) is 82.6 Å². The number of carbonyl (C=O) groups excluding carboxylic acids is 1. The molecule has 0 bridgehead atoms. The molecule has 1 saturated carbocycles. The summed E-state index contributed by atoms with van der Waals surface area (Å²) in [5, 5.41) is 3.51. The number of aliphatic imine (C=N–C) groups is 1. The molecule has 1 heterocycles. The lowest BCUT2D eigenvalue weighted by molar-refractivity contribution is -0.125. The zero-order valence-electron chi connectivity index (χ0n) is 20.5. The highest BCUT2D eigenvalue weighted by Gasteiger charge is 2.40. The number of anilines is 1. The van der Waals surface area contributed by atoms with Gasteiger partial charge in [-0.2, -0.15) is 5.48 Å². The van der Waals surface area contributed by atoms with Crippen LogP contribution in [-0.4, -0.2) is 61.4 Å². The van der Waals surface area contributed by atoms with E-state index in [1.54, 1.807) is 24.5 Å². The largest absolute Gasteiger partial charge is 0.387 e. The fourth-order valence-corrected chi connectivity index (χ4v) is 4.35. The minimum Gasteiger partial charge on any atom is -0.387 e. The molecule has 1 aromatic rings. The first-order valence-corrected chi connectivity index (χ1v) is 12.4. The number of halogens is 2. The lowest BCUT2D eigenvalue weighted by Crippen LogP contribution is -2.38. The molecular weight excluding hydrogens is 469 g/mol. The summed E-state index contributed by atoms with van der Waals surface area (Å²) in [5.74, 6) is -0.528. The Morgan fingerprint density at radius 2 is 2.11 bits per heavy atom. The molecule has 1 amide bonds. The highest BCUT2D eigenvalue weighted by Crippen LogP contribution is 2.36. The van der Waals surface area contributed by atoms with Crippen molar-refractivity contribution in [2.24, 2.45) is 4.99 Å². The number of nitrogens with zero attached hydrogens (tertiary/aromatic N) is 3. The third-order valence-electron chi connectivity index (χ3n) is 6.20. The quantitative estimate of drug-likeness (QED) is 0.261. The maximum absolute atomic E-state index is 15.9. The molecule has 0 aromatic heterocycles. The van der Waals surface area contributed by atoms with Crippen molar-refractivity contribution in [3.05, 3.63) is 63.7 Å². The molecule has 0 saturated heterocycles. The molecule has 2 unspecified atom stereocenters. The van der Waals surface area contributed by atoms with E-state index in [1.807, 2.05) is 17.9 Å². The second-order valence-corrected chi connectivity index (χ2v) is 9.91. The van der Waals surface area contributed by atoms with Gasteiger partial charge in [0.1, 0.15) is 12.3 Å². The number of nitrogens with one attached hydrogen (secondary N) is 2. The van der Waals surface area contributed by atoms with Gasteiger partial charge in [-0.25, -0.2) is 4.39 Å². The van der Waals surface area contributed by atoms with Crippen molar-refractivity contribution in [1.29, 1.82) is 0 Å². The summed E-state index contributed by atoms with van der Waals surface area (Å²) >= 11 is 6.39. The van der Waals surface area contributed by atoms with Gasteiger partial charge in [-0.15, -0.1) is 0 Å². The maximum atomic E-state index is 15.9. The number of fused-ring (bicyclic) bond motifs is 1. The highest BCUT2D eigenvalue weighted by molar-refractivity contribution is 6.33. The first-order chi connectivity index (χ1) is 16.8. The number of carbonyl (C=O) groups is 1. The molecule has 2 N–H and O–H groups in total. The zero-order valence-corrected chi connectivity index (χ0v) is 21.2. The minimum atomic E-state index is -1.54. The van der Waals surface area contributed by atoms with Crippen LogP contribution in [0.25, 0.3) is 0 Å². The maximum Gasteiger partial charge on any atom is 0.285 e. The molecule has 0 radical (unpaired) electrons. The van der Waals surface area contributed by atoms with Crippen molar-refractivity contribution < 1.29 is 14.0 Å². The summed E-state index contributed by atoms with van der Waals surface area (Å²) in [7, 11) is 4.12. The van der Waals surface area contributed by atoms with Crippen molar-refractivity contribution >= 4 is 29.5 Å². The van der Waals surface area contributed by atoms with E-state index >= 15 is 4.39 Å². The Morgan fingerprint density at radius 1 is 1.31 bits per heavy atom. The number of amides is 1. The highest BCUT2D eigenvalue weighted by atomic mass is 35.5. The first kappa shape index (κ1) is 25.3. The Labute approximate surface area is 211 Å². The summed E-state index contributed by atoms with van der Waals surface area (Å²) in [6.07, 6.45) is 8.43. The first-order valence-electron chi connectivity index (χ1n) is 12.0. The van der Waals surface area contributed by atoms with E-state index < -0.39 is 18.1 Å². The third kappa shape index (κ3) is 6.44. The second-order valence-electron chi connectivity index (χ2n) is 9.50. The Kier molecular flexibility index (Phi) is 8.13. The molecule has 0 spiro atoms. The van der Waals surface area contributed by atoms with Crippen LogP contribution in [0.3, 0.4) is 0 Å². The molecule has 35 heavy (non-hydrogen) atoms. The van der Waals surface area contributed by atoms with Gasteiger partial charge >= 0.3 is 0 Å². The zero-order chi connectivity index (χ0) is 24.9. The molecule has 2 aliphatic carbocycles. The van der Waals surface area contributed by atoms with Crippen LogP contribution in [0.4, 0.5) is 10.1 Å².